The van der Waals surface area contributed by atoms with E-state index >= 15 is 0 Å². The first-order chi connectivity index (χ1) is 6.56. The van der Waals surface area contributed by atoms with Crippen LogP contribution in [-0.4, -0.2) is 7.05 Å². The zero-order chi connectivity index (χ0) is 10.7. The number of likely N-dealkylation sites (N-methyl/N-ethyl adjacent to an activating group) is 1. The zero-order valence-corrected chi connectivity index (χ0v) is 8.27. The van der Waals surface area contributed by atoms with Crippen LogP contribution in [0.15, 0.2) is 30.4 Å². The molecule has 0 saturated carbocycles. The summed E-state index contributed by atoms with van der Waals surface area (Å²) in [6.45, 7) is 5.54. The van der Waals surface area contributed by atoms with Crippen molar-refractivity contribution in [2.45, 2.75) is 13.0 Å². The number of hydrogen-bond acceptors (Lipinski definition) is 1. The maximum Gasteiger partial charge on any atom is 0.131 e. The Bertz CT molecular complexity index is 347. The average Bonchev–Trinajstić information content (AvgIpc) is 2.09. The van der Waals surface area contributed by atoms with E-state index in [0.29, 0.717) is 5.56 Å². The number of halogens is 2. The monoisotopic (exact) mass is 197 g/mol. The summed E-state index contributed by atoms with van der Waals surface area (Å²) >= 11 is 0. The van der Waals surface area contributed by atoms with Crippen molar-refractivity contribution >= 4 is 0 Å². The quantitative estimate of drug-likeness (QED) is 0.735. The Balaban J connectivity index is 3.10. The van der Waals surface area contributed by atoms with Crippen LogP contribution in [0.4, 0.5) is 8.78 Å². The summed E-state index contributed by atoms with van der Waals surface area (Å²) in [5.74, 6) is -1.12. The van der Waals surface area contributed by atoms with E-state index in [2.05, 4.69) is 11.9 Å². The first kappa shape index (κ1) is 10.9. The molecule has 0 fully saturated rings. The topological polar surface area (TPSA) is 12.0 Å². The molecule has 0 radical (unpaired) electrons. The van der Waals surface area contributed by atoms with Crippen molar-refractivity contribution in [1.82, 2.24) is 5.32 Å². The first-order valence-electron chi connectivity index (χ1n) is 4.34. The molecule has 76 valence electrons. The third-order valence-corrected chi connectivity index (χ3v) is 2.05. The fourth-order valence-corrected chi connectivity index (χ4v) is 1.40. The molecule has 14 heavy (non-hydrogen) atoms. The number of rotatable bonds is 3. The molecular weight excluding hydrogens is 184 g/mol. The Morgan fingerprint density at radius 3 is 2.50 bits per heavy atom. The Kier molecular flexibility index (Phi) is 3.36. The Morgan fingerprint density at radius 1 is 1.43 bits per heavy atom. The second kappa shape index (κ2) is 4.33. The Hall–Kier alpha value is -1.22. The molecule has 1 rings (SSSR count). The van der Waals surface area contributed by atoms with E-state index in [0.717, 1.165) is 11.6 Å². The van der Waals surface area contributed by atoms with E-state index in [1.807, 2.05) is 0 Å². The van der Waals surface area contributed by atoms with Crippen LogP contribution < -0.4 is 5.32 Å². The second-order valence-corrected chi connectivity index (χ2v) is 3.23. The zero-order valence-electron chi connectivity index (χ0n) is 8.27. The predicted octanol–water partition coefficient (Wildman–Crippen LogP) is 2.80. The van der Waals surface area contributed by atoms with Gasteiger partial charge in [-0.15, -0.1) is 0 Å². The maximum atomic E-state index is 13.3. The van der Waals surface area contributed by atoms with Gasteiger partial charge in [0.05, 0.1) is 6.04 Å². The lowest BCUT2D eigenvalue weighted by atomic mass is 10.0. The molecule has 0 spiro atoms. The minimum atomic E-state index is -0.567. The minimum absolute atomic E-state index is 0.268. The van der Waals surface area contributed by atoms with E-state index in [4.69, 9.17) is 0 Å². The summed E-state index contributed by atoms with van der Waals surface area (Å²) < 4.78 is 26.0. The van der Waals surface area contributed by atoms with Gasteiger partial charge in [-0.05, 0) is 20.0 Å². The smallest absolute Gasteiger partial charge is 0.131 e. The number of hydrogen-bond donors (Lipinski definition) is 1. The van der Waals surface area contributed by atoms with Crippen LogP contribution in [0, 0.1) is 11.6 Å². The first-order valence-corrected chi connectivity index (χ1v) is 4.34. The van der Waals surface area contributed by atoms with Gasteiger partial charge in [-0.2, -0.15) is 0 Å². The van der Waals surface area contributed by atoms with Crippen molar-refractivity contribution in [1.29, 1.82) is 0 Å². The largest absolute Gasteiger partial charge is 0.310 e. The molecule has 0 bridgehead atoms. The van der Waals surface area contributed by atoms with Crippen molar-refractivity contribution in [3.05, 3.63) is 47.5 Å². The van der Waals surface area contributed by atoms with E-state index in [-0.39, 0.29) is 6.04 Å². The second-order valence-electron chi connectivity index (χ2n) is 3.23. The van der Waals surface area contributed by atoms with Gasteiger partial charge < -0.3 is 5.32 Å². The van der Waals surface area contributed by atoms with Gasteiger partial charge in [0.25, 0.3) is 0 Å². The van der Waals surface area contributed by atoms with Gasteiger partial charge in [-0.3, -0.25) is 0 Å². The van der Waals surface area contributed by atoms with Crippen molar-refractivity contribution in [3.63, 3.8) is 0 Å². The van der Waals surface area contributed by atoms with Crippen LogP contribution in [0.2, 0.25) is 0 Å². The molecule has 0 aliphatic carbocycles. The lowest BCUT2D eigenvalue weighted by Crippen LogP contribution is -2.18. The van der Waals surface area contributed by atoms with Crippen molar-refractivity contribution < 1.29 is 8.78 Å². The van der Waals surface area contributed by atoms with Crippen LogP contribution in [0.1, 0.15) is 18.5 Å². The van der Waals surface area contributed by atoms with E-state index < -0.39 is 11.6 Å². The van der Waals surface area contributed by atoms with Crippen LogP contribution in [0.25, 0.3) is 0 Å². The lowest BCUT2D eigenvalue weighted by molar-refractivity contribution is 0.549. The van der Waals surface area contributed by atoms with Gasteiger partial charge in [0, 0.05) is 11.6 Å². The summed E-state index contributed by atoms with van der Waals surface area (Å²) in [6, 6.07) is 3.28. The van der Waals surface area contributed by atoms with Gasteiger partial charge in [0.1, 0.15) is 11.6 Å². The highest BCUT2D eigenvalue weighted by Crippen LogP contribution is 2.22. The van der Waals surface area contributed by atoms with Crippen molar-refractivity contribution in [2.24, 2.45) is 0 Å². The fourth-order valence-electron chi connectivity index (χ4n) is 1.40. The van der Waals surface area contributed by atoms with Gasteiger partial charge >= 0.3 is 0 Å². The molecule has 1 N–H and O–H groups in total. The maximum absolute atomic E-state index is 13.3. The highest BCUT2D eigenvalue weighted by molar-refractivity contribution is 5.28. The third kappa shape index (κ3) is 2.17. The molecule has 3 heteroatoms. The number of nitrogens with one attached hydrogen (secondary N) is 1. The molecule has 0 saturated heterocycles. The van der Waals surface area contributed by atoms with E-state index in [1.165, 1.54) is 12.1 Å². The van der Waals surface area contributed by atoms with Gasteiger partial charge in [-0.25, -0.2) is 8.78 Å². The summed E-state index contributed by atoms with van der Waals surface area (Å²) in [7, 11) is 1.71. The molecule has 1 aromatic rings. The molecule has 1 unspecified atom stereocenters. The van der Waals surface area contributed by atoms with Crippen LogP contribution in [-0.2, 0) is 0 Å². The molecule has 0 aliphatic rings. The van der Waals surface area contributed by atoms with Crippen LogP contribution >= 0.6 is 0 Å². The van der Waals surface area contributed by atoms with Gasteiger partial charge in [0.15, 0.2) is 0 Å². The summed E-state index contributed by atoms with van der Waals surface area (Å²) in [4.78, 5) is 0. The van der Waals surface area contributed by atoms with Gasteiger partial charge in [0.2, 0.25) is 0 Å². The summed E-state index contributed by atoms with van der Waals surface area (Å²) in [5, 5.41) is 2.92. The normalized spacial score (nSPS) is 12.6. The third-order valence-electron chi connectivity index (χ3n) is 2.05. The highest BCUT2D eigenvalue weighted by atomic mass is 19.1. The molecule has 0 aromatic heterocycles. The predicted molar refractivity (Wildman–Crippen MR) is 53.0 cm³/mol. The molecular formula is C11H13F2N. The number of benzene rings is 1. The SMILES string of the molecule is C=C(C)C(NC)c1ccc(F)cc1F. The summed E-state index contributed by atoms with van der Waals surface area (Å²) in [6.07, 6.45) is 0. The average molecular weight is 197 g/mol. The van der Waals surface area contributed by atoms with E-state index in [9.17, 15) is 8.78 Å². The lowest BCUT2D eigenvalue weighted by Gasteiger charge is -2.17. The molecule has 1 atom stereocenters. The van der Waals surface area contributed by atoms with Crippen molar-refractivity contribution in [2.75, 3.05) is 7.05 Å². The van der Waals surface area contributed by atoms with Gasteiger partial charge in [-0.1, -0.05) is 18.2 Å². The minimum Gasteiger partial charge on any atom is -0.310 e. The Labute approximate surface area is 82.4 Å². The Morgan fingerprint density at radius 2 is 2.07 bits per heavy atom. The summed E-state index contributed by atoms with van der Waals surface area (Å²) in [5.41, 5.74) is 1.21. The molecule has 0 amide bonds. The fraction of sp³-hybridized carbons (Fsp3) is 0.273. The molecule has 0 aliphatic heterocycles. The van der Waals surface area contributed by atoms with Crippen LogP contribution in [0.3, 0.4) is 0 Å². The van der Waals surface area contributed by atoms with Crippen molar-refractivity contribution in [3.8, 4) is 0 Å². The molecule has 1 aromatic carbocycles. The standard InChI is InChI=1S/C11H13F2N/c1-7(2)11(14-3)9-5-4-8(12)6-10(9)13/h4-6,11,14H,1H2,2-3H3. The van der Waals surface area contributed by atoms with E-state index in [1.54, 1.807) is 14.0 Å². The molecule has 0 heterocycles. The molecule has 1 nitrogen and oxygen atoms in total. The highest BCUT2D eigenvalue weighted by Gasteiger charge is 2.14. The van der Waals surface area contributed by atoms with Crippen LogP contribution in [0.5, 0.6) is 0 Å².